The molecular formula is C82H92Si3. The molecule has 0 spiro atoms. The average molecular weight is 1200 g/mol. The SMILES string of the molecule is Cc1ccc(C(c2ccccc2)(c2ccccc2)c2ccccc2)cc1.[2H]C([2H])([2H])[Si](c1ccc(C)cc1)(C([2H])([2H])[2H])C([2H])([2H])[2H].[2H]c1c([2H])c(C(c2ccccc2)(c2ccccc2)c2ccccc2)c([2H])c([2H])c1C.[2H]c1c([2H])c([Si](C([2H])([2H])[2H])(C([2H])([2H])[2H])C([2H])([2H])[2H])c([2H])c([2H])c1C.[2H]c1cc([Si](C([2H])([2H])[2H])(C([2H])([2H])[2H])C([2H])([2H])[2H])cc([2H])c1C. The Labute approximate surface area is 568 Å². The number of hydrogen-bond acceptors (Lipinski definition) is 0. The molecule has 0 amide bonds. The molecule has 85 heavy (non-hydrogen) atoms. The Kier molecular flexibility index (Phi) is 10.8. The van der Waals surface area contributed by atoms with Crippen LogP contribution in [0.5, 0.6) is 0 Å². The molecule has 0 aliphatic rings. The van der Waals surface area contributed by atoms with Crippen molar-refractivity contribution in [2.75, 3.05) is 0 Å². The van der Waals surface area contributed by atoms with E-state index in [-0.39, 0.29) is 58.0 Å². The smallest absolute Gasteiger partial charge is 0.0656 e. The van der Waals surface area contributed by atoms with Crippen LogP contribution in [0.4, 0.5) is 0 Å². The molecule has 0 fully saturated rings. The van der Waals surface area contributed by atoms with E-state index in [4.69, 9.17) is 50.7 Å². The second-order valence-electron chi connectivity index (χ2n) is 20.3. The fourth-order valence-corrected chi connectivity index (χ4v) is 11.2. The van der Waals surface area contributed by atoms with E-state index in [1.165, 1.54) is 53.8 Å². The van der Waals surface area contributed by atoms with E-state index in [0.717, 1.165) is 34.4 Å². The van der Waals surface area contributed by atoms with Gasteiger partial charge in [-0.2, -0.15) is 0 Å². The van der Waals surface area contributed by atoms with Crippen molar-refractivity contribution in [1.29, 1.82) is 0 Å². The Hall–Kier alpha value is -7.93. The summed E-state index contributed by atoms with van der Waals surface area (Å²) in [6.07, 6.45) is 0. The van der Waals surface area contributed by atoms with Crippen molar-refractivity contribution in [3.8, 4) is 0 Å². The van der Waals surface area contributed by atoms with Crippen molar-refractivity contribution in [2.45, 2.75) is 104 Å². The number of benzene rings is 11. The van der Waals surface area contributed by atoms with Gasteiger partial charge in [-0.25, -0.2) is 0 Å². The van der Waals surface area contributed by atoms with Crippen LogP contribution in [0, 0.1) is 34.6 Å². The molecule has 3 heteroatoms. The van der Waals surface area contributed by atoms with Crippen LogP contribution in [0.25, 0.3) is 0 Å². The fourth-order valence-electron chi connectivity index (χ4n) is 9.47. The number of hydrogen-bond donors (Lipinski definition) is 0. The standard InChI is InChI=1S/2C26H22.3C10H16Si/c2*1-21-17-19-25(20-18-21)26(22-11-5-2-6-12-22,23-13-7-3-8-14-23)24-15-9-4-10-16-24;3*1-9-5-7-10(8-6-9)11(2,3)4/h2*2-20H,1H3;3*5-8H,1-4H3/i17D,18D,19D,20D;;2D3,3D3,4D3,5D,6D,7D,8D;2D3,3D3,4D3,5D,6D;2D3,3D3,4D3. The van der Waals surface area contributed by atoms with Gasteiger partial charge in [0.1, 0.15) is 0 Å². The molecule has 0 heterocycles. The summed E-state index contributed by atoms with van der Waals surface area (Å²) < 4.78 is 288. The molecule has 0 atom stereocenters. The van der Waals surface area contributed by atoms with Gasteiger partial charge in [0.2, 0.25) is 0 Å². The lowest BCUT2D eigenvalue weighted by atomic mass is 9.65. The Morgan fingerprint density at radius 2 is 0.447 bits per heavy atom. The highest BCUT2D eigenvalue weighted by Gasteiger charge is 2.39. The number of aryl methyl sites for hydroxylation is 2. The molecule has 0 aliphatic heterocycles. The van der Waals surface area contributed by atoms with Crippen LogP contribution in [-0.4, -0.2) is 24.2 Å². The van der Waals surface area contributed by atoms with Crippen LogP contribution in [0.15, 0.2) is 303 Å². The van der Waals surface area contributed by atoms with E-state index in [0.29, 0.717) is 11.1 Å². The second-order valence-corrected chi connectivity index (χ2v) is 26.5. The molecular weight excluding hydrogens is 1070 g/mol. The van der Waals surface area contributed by atoms with Gasteiger partial charge in [-0.1, -0.05) is 405 Å². The first kappa shape index (κ1) is 30.9. The molecule has 0 aliphatic carbocycles. The molecule has 11 aromatic rings. The van der Waals surface area contributed by atoms with Gasteiger partial charge in [0, 0.05) is 37.0 Å². The molecule has 0 aromatic heterocycles. The minimum Gasteiger partial charge on any atom is -0.0656 e. The lowest BCUT2D eigenvalue weighted by Crippen LogP contribution is -2.37. The molecule has 11 rings (SSSR count). The summed E-state index contributed by atoms with van der Waals surface area (Å²) in [6.45, 7) is -21.1. The van der Waals surface area contributed by atoms with Crippen LogP contribution >= 0.6 is 0 Å². The van der Waals surface area contributed by atoms with Gasteiger partial charge in [-0.05, 0) is 79.1 Å². The molecule has 432 valence electrons. The lowest BCUT2D eigenvalue weighted by molar-refractivity contribution is 0.745. The van der Waals surface area contributed by atoms with Crippen molar-refractivity contribution in [2.24, 2.45) is 0 Å². The number of rotatable bonds is 11. The molecule has 0 bridgehead atoms. The Morgan fingerprint density at radius 1 is 0.212 bits per heavy atom. The minimum atomic E-state index is -5.57. The van der Waals surface area contributed by atoms with Crippen molar-refractivity contribution in [3.05, 3.63) is 375 Å². The zero-order valence-corrected chi connectivity index (χ0v) is 51.1. The molecule has 0 unspecified atom stereocenters. The maximum absolute atomic E-state index is 8.89. The predicted octanol–water partition coefficient (Wildman–Crippen LogP) is 20.4. The average Bonchev–Trinajstić information content (AvgIpc) is 0.695. The van der Waals surface area contributed by atoms with Crippen LogP contribution < -0.4 is 15.6 Å². The summed E-state index contributed by atoms with van der Waals surface area (Å²) >= 11 is 0. The van der Waals surface area contributed by atoms with Gasteiger partial charge >= 0.3 is 0 Å². The lowest BCUT2D eigenvalue weighted by Gasteiger charge is -2.36. The topological polar surface area (TPSA) is 0 Å². The molecule has 0 saturated heterocycles. The first-order valence-electron chi connectivity index (χ1n) is 45.8. The Balaban J connectivity index is 0.000000211. The normalized spacial score (nSPS) is 19.1. The van der Waals surface area contributed by atoms with Crippen LogP contribution in [0.2, 0.25) is 58.3 Å². The van der Waals surface area contributed by atoms with Crippen molar-refractivity contribution in [3.63, 3.8) is 0 Å². The van der Waals surface area contributed by atoms with E-state index < -0.39 is 122 Å². The fraction of sp³-hybridized carbons (Fsp3) is 0.195. The maximum Gasteiger partial charge on any atom is 0.0775 e. The second kappa shape index (κ2) is 29.7. The van der Waals surface area contributed by atoms with E-state index in [1.54, 1.807) is 26.0 Å². The molecule has 0 saturated carbocycles. The third-order valence-corrected chi connectivity index (χ3v) is 17.1. The van der Waals surface area contributed by atoms with Crippen LogP contribution in [0.3, 0.4) is 0 Å². The van der Waals surface area contributed by atoms with Crippen LogP contribution in [0.1, 0.15) is 123 Å². The first-order chi connectivity index (χ1) is 56.1. The molecule has 0 radical (unpaired) electrons. The highest BCUT2D eigenvalue weighted by atomic mass is 28.3. The zero-order valence-electron chi connectivity index (χ0n) is 85.1. The van der Waals surface area contributed by atoms with Gasteiger partial charge in [-0.3, -0.25) is 0 Å². The summed E-state index contributed by atoms with van der Waals surface area (Å²) in [5.41, 5.74) is 9.40. The minimum absolute atomic E-state index is 0.00170. The van der Waals surface area contributed by atoms with E-state index >= 15 is 0 Å². The third-order valence-electron chi connectivity index (χ3n) is 13.8. The van der Waals surface area contributed by atoms with E-state index in [2.05, 4.69) is 122 Å². The van der Waals surface area contributed by atoms with Crippen molar-refractivity contribution >= 4 is 39.8 Å². The third kappa shape index (κ3) is 17.1. The summed E-state index contributed by atoms with van der Waals surface area (Å²) in [4.78, 5) is 0. The largest absolute Gasteiger partial charge is 0.0775 e. The van der Waals surface area contributed by atoms with Gasteiger partial charge in [0.05, 0.1) is 48.8 Å². The summed E-state index contributed by atoms with van der Waals surface area (Å²) in [5.74, 6) is 0. The molecule has 0 N–H and O–H groups in total. The zero-order chi connectivity index (χ0) is 92.3. The van der Waals surface area contributed by atoms with Gasteiger partial charge < -0.3 is 0 Å². The Bertz CT molecular complexity index is 4970. The van der Waals surface area contributed by atoms with Crippen molar-refractivity contribution < 1.29 is 50.7 Å². The van der Waals surface area contributed by atoms with Gasteiger partial charge in [0.25, 0.3) is 0 Å². The molecule has 11 aromatic carbocycles. The molecule has 0 nitrogen and oxygen atoms in total. The monoisotopic (exact) mass is 1200 g/mol. The van der Waals surface area contributed by atoms with Gasteiger partial charge in [0.15, 0.2) is 0 Å². The maximum atomic E-state index is 8.89. The van der Waals surface area contributed by atoms with E-state index in [1.807, 2.05) is 91.0 Å². The summed E-state index contributed by atoms with van der Waals surface area (Å²) in [7, 11) is -15.5. The quantitative estimate of drug-likeness (QED) is 0.0894. The Morgan fingerprint density at radius 3 is 0.753 bits per heavy atom. The summed E-state index contributed by atoms with van der Waals surface area (Å²) in [6, 6.07) is 74.9. The summed E-state index contributed by atoms with van der Waals surface area (Å²) in [5, 5.41) is -1.50. The van der Waals surface area contributed by atoms with Crippen LogP contribution in [-0.2, 0) is 10.8 Å². The van der Waals surface area contributed by atoms with Gasteiger partial charge in [-0.15, -0.1) is 0 Å². The first-order valence-corrected chi connectivity index (χ1v) is 33.3. The van der Waals surface area contributed by atoms with Crippen molar-refractivity contribution in [1.82, 2.24) is 0 Å². The predicted molar refractivity (Wildman–Crippen MR) is 381 cm³/mol. The highest BCUT2D eigenvalue weighted by Crippen LogP contribution is 2.46. The van der Waals surface area contributed by atoms with E-state index in [9.17, 15) is 0 Å². The highest BCUT2D eigenvalue weighted by molar-refractivity contribution is 6.89.